The quantitative estimate of drug-likeness (QED) is 0.678. The summed E-state index contributed by atoms with van der Waals surface area (Å²) in [5.41, 5.74) is 1.06. The molecule has 1 unspecified atom stereocenters. The van der Waals surface area contributed by atoms with Crippen LogP contribution in [-0.2, 0) is 11.2 Å². The lowest BCUT2D eigenvalue weighted by atomic mass is 9.96. The van der Waals surface area contributed by atoms with E-state index < -0.39 is 11.9 Å². The molecule has 2 rings (SSSR count). The number of rotatable bonds is 5. The molecule has 0 spiro atoms. The van der Waals surface area contributed by atoms with Crippen molar-refractivity contribution in [2.24, 2.45) is 0 Å². The number of hydrogen-bond acceptors (Lipinski definition) is 4. The summed E-state index contributed by atoms with van der Waals surface area (Å²) in [6.45, 7) is 0. The van der Waals surface area contributed by atoms with Gasteiger partial charge >= 0.3 is 5.97 Å². The van der Waals surface area contributed by atoms with Crippen molar-refractivity contribution < 1.29 is 14.3 Å². The number of hydrogen-bond donors (Lipinski definition) is 1. The van der Waals surface area contributed by atoms with Gasteiger partial charge in [0, 0.05) is 0 Å². The molecule has 1 N–H and O–H groups in total. The number of benzene rings is 1. The molecule has 1 heterocycles. The van der Waals surface area contributed by atoms with Crippen LogP contribution in [0.2, 0.25) is 0 Å². The van der Waals surface area contributed by atoms with Crippen LogP contribution in [-0.4, -0.2) is 27.3 Å². The summed E-state index contributed by atoms with van der Waals surface area (Å²) in [4.78, 5) is 19.5. The number of aromatic nitrogens is 2. The Morgan fingerprint density at radius 3 is 2.85 bits per heavy atom. The Morgan fingerprint density at radius 2 is 2.20 bits per heavy atom. The minimum Gasteiger partial charge on any atom is -0.481 e. The highest BCUT2D eigenvalue weighted by Gasteiger charge is 2.22. The summed E-state index contributed by atoms with van der Waals surface area (Å²) in [7, 11) is 0. The Balaban J connectivity index is 2.29. The third-order valence-corrected chi connectivity index (χ3v) is 3.50. The van der Waals surface area contributed by atoms with Crippen LogP contribution >= 0.6 is 11.8 Å². The van der Waals surface area contributed by atoms with Gasteiger partial charge in [-0.25, -0.2) is 14.4 Å². The Bertz CT molecular complexity index is 622. The molecule has 1 atom stereocenters. The van der Waals surface area contributed by atoms with Gasteiger partial charge in [0.15, 0.2) is 0 Å². The van der Waals surface area contributed by atoms with Gasteiger partial charge in [0.2, 0.25) is 0 Å². The average molecular weight is 292 g/mol. The molecule has 20 heavy (non-hydrogen) atoms. The highest BCUT2D eigenvalue weighted by atomic mass is 32.2. The van der Waals surface area contributed by atoms with E-state index in [1.54, 1.807) is 18.2 Å². The van der Waals surface area contributed by atoms with Gasteiger partial charge in [-0.2, -0.15) is 0 Å². The van der Waals surface area contributed by atoms with E-state index in [0.717, 1.165) is 0 Å². The van der Waals surface area contributed by atoms with Crippen LogP contribution in [0, 0.1) is 5.82 Å². The predicted octanol–water partition coefficient (Wildman–Crippen LogP) is 2.75. The summed E-state index contributed by atoms with van der Waals surface area (Å²) < 4.78 is 13.2. The number of thioether (sulfide) groups is 1. The van der Waals surface area contributed by atoms with Crippen LogP contribution < -0.4 is 0 Å². The maximum Gasteiger partial charge on any atom is 0.312 e. The number of carbonyl (C=O) groups is 1. The zero-order valence-electron chi connectivity index (χ0n) is 10.8. The Hall–Kier alpha value is -1.95. The Kier molecular flexibility index (Phi) is 4.68. The second kappa shape index (κ2) is 6.47. The van der Waals surface area contributed by atoms with E-state index in [4.69, 9.17) is 0 Å². The molecule has 0 saturated heterocycles. The van der Waals surface area contributed by atoms with E-state index in [1.165, 1.54) is 30.2 Å². The molecule has 6 heteroatoms. The number of aliphatic carboxylic acids is 1. The number of nitrogens with zero attached hydrogens (tertiary/aromatic N) is 2. The second-order valence-electron chi connectivity index (χ2n) is 4.21. The van der Waals surface area contributed by atoms with Gasteiger partial charge in [-0.3, -0.25) is 4.79 Å². The third kappa shape index (κ3) is 3.54. The molecule has 1 aromatic heterocycles. The molecule has 4 nitrogen and oxygen atoms in total. The van der Waals surface area contributed by atoms with Crippen LogP contribution in [0.1, 0.15) is 17.2 Å². The van der Waals surface area contributed by atoms with E-state index in [-0.39, 0.29) is 12.2 Å². The van der Waals surface area contributed by atoms with Crippen molar-refractivity contribution in [1.82, 2.24) is 9.97 Å². The van der Waals surface area contributed by atoms with E-state index in [9.17, 15) is 14.3 Å². The normalized spacial score (nSPS) is 12.1. The van der Waals surface area contributed by atoms with Gasteiger partial charge in [-0.15, -0.1) is 11.8 Å². The highest BCUT2D eigenvalue weighted by molar-refractivity contribution is 7.98. The molecule has 104 valence electrons. The molecule has 0 aliphatic rings. The van der Waals surface area contributed by atoms with Gasteiger partial charge in [0.25, 0.3) is 0 Å². The van der Waals surface area contributed by atoms with Crippen molar-refractivity contribution in [3.05, 3.63) is 53.7 Å². The van der Waals surface area contributed by atoms with E-state index in [2.05, 4.69) is 9.97 Å². The van der Waals surface area contributed by atoms with E-state index in [1.807, 2.05) is 6.26 Å². The van der Waals surface area contributed by atoms with Gasteiger partial charge in [-0.05, 0) is 36.4 Å². The SMILES string of the molecule is CSc1cc(C(Cc2cccc(F)c2)C(=O)O)ncn1. The van der Waals surface area contributed by atoms with Gasteiger partial charge in [-0.1, -0.05) is 12.1 Å². The van der Waals surface area contributed by atoms with E-state index in [0.29, 0.717) is 16.3 Å². The monoisotopic (exact) mass is 292 g/mol. The standard InChI is InChI=1S/C14H13FN2O2S/c1-20-13-7-12(16-8-17-13)11(14(18)19)6-9-3-2-4-10(15)5-9/h2-5,7-8,11H,6H2,1H3,(H,18,19). The predicted molar refractivity (Wildman–Crippen MR) is 74.3 cm³/mol. The summed E-state index contributed by atoms with van der Waals surface area (Å²) in [5.74, 6) is -2.18. The smallest absolute Gasteiger partial charge is 0.312 e. The summed E-state index contributed by atoms with van der Waals surface area (Å²) in [6.07, 6.45) is 3.40. The number of halogens is 1. The lowest BCUT2D eigenvalue weighted by Crippen LogP contribution is -2.16. The van der Waals surface area contributed by atoms with Gasteiger partial charge in [0.1, 0.15) is 18.1 Å². The first-order valence-corrected chi connectivity index (χ1v) is 7.16. The number of carboxylic acids is 1. The third-order valence-electron chi connectivity index (χ3n) is 2.86. The fourth-order valence-electron chi connectivity index (χ4n) is 1.87. The van der Waals surface area contributed by atoms with Crippen LogP contribution in [0.5, 0.6) is 0 Å². The zero-order valence-corrected chi connectivity index (χ0v) is 11.6. The van der Waals surface area contributed by atoms with Gasteiger partial charge in [0.05, 0.1) is 10.7 Å². The minimum absolute atomic E-state index is 0.192. The molecule has 0 aliphatic heterocycles. The summed E-state index contributed by atoms with van der Waals surface area (Å²) in [6, 6.07) is 7.59. The first-order chi connectivity index (χ1) is 9.60. The van der Waals surface area contributed by atoms with Crippen molar-refractivity contribution in [2.75, 3.05) is 6.26 Å². The zero-order chi connectivity index (χ0) is 14.5. The van der Waals surface area contributed by atoms with Crippen LogP contribution in [0.25, 0.3) is 0 Å². The minimum atomic E-state index is -0.986. The fourth-order valence-corrected chi connectivity index (χ4v) is 2.26. The topological polar surface area (TPSA) is 63.1 Å². The first-order valence-electron chi connectivity index (χ1n) is 5.93. The number of carboxylic acid groups (broad SMARTS) is 1. The molecule has 0 saturated carbocycles. The lowest BCUT2D eigenvalue weighted by Gasteiger charge is -2.12. The molecule has 1 aromatic carbocycles. The molecule has 0 aliphatic carbocycles. The van der Waals surface area contributed by atoms with E-state index >= 15 is 0 Å². The summed E-state index contributed by atoms with van der Waals surface area (Å²) >= 11 is 1.42. The first kappa shape index (κ1) is 14.5. The maximum atomic E-state index is 13.2. The Labute approximate surface area is 120 Å². The van der Waals surface area contributed by atoms with Crippen molar-refractivity contribution in [3.8, 4) is 0 Å². The van der Waals surface area contributed by atoms with Crippen molar-refractivity contribution in [1.29, 1.82) is 0 Å². The molecule has 0 amide bonds. The maximum absolute atomic E-state index is 13.2. The summed E-state index contributed by atoms with van der Waals surface area (Å²) in [5, 5.41) is 10.1. The molecule has 2 aromatic rings. The molecular formula is C14H13FN2O2S. The van der Waals surface area contributed by atoms with Crippen molar-refractivity contribution in [3.63, 3.8) is 0 Å². The molecule has 0 radical (unpaired) electrons. The highest BCUT2D eigenvalue weighted by Crippen LogP contribution is 2.22. The largest absolute Gasteiger partial charge is 0.481 e. The van der Waals surface area contributed by atoms with Gasteiger partial charge < -0.3 is 5.11 Å². The lowest BCUT2D eigenvalue weighted by molar-refractivity contribution is -0.138. The Morgan fingerprint density at radius 1 is 1.40 bits per heavy atom. The van der Waals surface area contributed by atoms with Crippen LogP contribution in [0.15, 0.2) is 41.7 Å². The van der Waals surface area contributed by atoms with Crippen LogP contribution in [0.4, 0.5) is 4.39 Å². The fraction of sp³-hybridized carbons (Fsp3) is 0.214. The van der Waals surface area contributed by atoms with Crippen LogP contribution in [0.3, 0.4) is 0 Å². The second-order valence-corrected chi connectivity index (χ2v) is 5.04. The average Bonchev–Trinajstić information content (AvgIpc) is 2.44. The molecular weight excluding hydrogens is 279 g/mol. The molecule has 0 bridgehead atoms. The molecule has 0 fully saturated rings. The van der Waals surface area contributed by atoms with Crippen molar-refractivity contribution >= 4 is 17.7 Å². The van der Waals surface area contributed by atoms with Crippen molar-refractivity contribution in [2.45, 2.75) is 17.4 Å².